The minimum atomic E-state index is -0.722. The Morgan fingerprint density at radius 1 is 1.27 bits per heavy atom. The van der Waals surface area contributed by atoms with Gasteiger partial charge in [-0.1, -0.05) is 13.8 Å². The first kappa shape index (κ1) is 19.1. The van der Waals surface area contributed by atoms with Crippen molar-refractivity contribution in [3.05, 3.63) is 40.1 Å². The first-order chi connectivity index (χ1) is 12.4. The normalized spacial score (nSPS) is 10.7. The molecule has 1 heterocycles. The second kappa shape index (κ2) is 8.26. The van der Waals surface area contributed by atoms with Crippen LogP contribution in [0, 0.1) is 27.6 Å². The number of carbonyl (C=O) groups excluding carboxylic acids is 1. The number of hydrogen-bond acceptors (Lipinski definition) is 5. The molecule has 0 spiro atoms. The molecule has 2 N–H and O–H groups in total. The Bertz CT molecular complexity index is 863. The van der Waals surface area contributed by atoms with Crippen molar-refractivity contribution in [3.8, 4) is 6.07 Å². The molecule has 2 aromatic rings. The summed E-state index contributed by atoms with van der Waals surface area (Å²) in [5, 5.41) is 38.6. The van der Waals surface area contributed by atoms with Crippen LogP contribution in [0.4, 0.5) is 15.0 Å². The summed E-state index contributed by atoms with van der Waals surface area (Å²) >= 11 is 0. The van der Waals surface area contributed by atoms with E-state index < -0.39 is 23.4 Å². The van der Waals surface area contributed by atoms with Crippen LogP contribution in [0.3, 0.4) is 0 Å². The molecule has 2 rings (SSSR count). The molecule has 1 aromatic carbocycles. The molecule has 1 aromatic heterocycles. The molecule has 0 unspecified atom stereocenters. The molecule has 0 aliphatic rings. The topological polar surface area (TPSA) is 122 Å². The van der Waals surface area contributed by atoms with Crippen molar-refractivity contribution in [1.29, 1.82) is 5.26 Å². The molecule has 0 aliphatic heterocycles. The number of carbonyl (C=O) groups is 1. The Hall–Kier alpha value is -3.19. The third-order valence-electron chi connectivity index (χ3n) is 3.95. The highest BCUT2D eigenvalue weighted by Gasteiger charge is 2.29. The Balaban J connectivity index is 2.26. The van der Waals surface area contributed by atoms with E-state index in [1.165, 1.54) is 0 Å². The van der Waals surface area contributed by atoms with Crippen LogP contribution in [0.5, 0.6) is 0 Å². The van der Waals surface area contributed by atoms with E-state index in [9.17, 15) is 24.9 Å². The molecular formula is C16H19FN6O3. The molecule has 10 heteroatoms. The summed E-state index contributed by atoms with van der Waals surface area (Å²) < 4.78 is 13.7. The summed E-state index contributed by atoms with van der Waals surface area (Å²) in [5.74, 6) is -1.23. The lowest BCUT2D eigenvalue weighted by atomic mass is 10.2. The number of rotatable bonds is 6. The second-order valence-corrected chi connectivity index (χ2v) is 5.44. The van der Waals surface area contributed by atoms with Crippen molar-refractivity contribution >= 4 is 22.9 Å². The van der Waals surface area contributed by atoms with Crippen molar-refractivity contribution in [3.63, 3.8) is 0 Å². The Kier molecular flexibility index (Phi) is 6.08. The lowest BCUT2D eigenvalue weighted by Crippen LogP contribution is -2.46. The van der Waals surface area contributed by atoms with Crippen molar-refractivity contribution in [2.24, 2.45) is 0 Å². The van der Waals surface area contributed by atoms with Crippen molar-refractivity contribution < 1.29 is 18.6 Å². The number of likely N-dealkylation sites (N-methyl/N-ethyl adjacent to an activating group) is 1. The Labute approximate surface area is 149 Å². The summed E-state index contributed by atoms with van der Waals surface area (Å²) in [6, 6.07) is 3.82. The largest absolute Gasteiger partial charge is 0.710 e. The number of hydrogen-bond donors (Lipinski definition) is 2. The number of benzene rings is 1. The molecule has 0 fully saturated rings. The van der Waals surface area contributed by atoms with E-state index in [4.69, 9.17) is 0 Å². The van der Waals surface area contributed by atoms with Gasteiger partial charge in [0, 0.05) is 13.1 Å². The van der Waals surface area contributed by atoms with Gasteiger partial charge in [-0.3, -0.25) is 0 Å². The average Bonchev–Trinajstić information content (AvgIpc) is 2.63. The first-order valence-corrected chi connectivity index (χ1v) is 8.08. The fourth-order valence-corrected chi connectivity index (χ4v) is 2.49. The average molecular weight is 362 g/mol. The first-order valence-electron chi connectivity index (χ1n) is 8.08. The van der Waals surface area contributed by atoms with Gasteiger partial charge in [-0.25, -0.2) is 13.9 Å². The number of nitriles is 1. The van der Waals surface area contributed by atoms with Crippen LogP contribution in [0.25, 0.3) is 11.0 Å². The molecule has 0 bridgehead atoms. The van der Waals surface area contributed by atoms with Gasteiger partial charge in [-0.2, -0.15) is 10.6 Å². The fraction of sp³-hybridized carbons (Fsp3) is 0.375. The van der Waals surface area contributed by atoms with Gasteiger partial charge in [-0.05, 0) is 25.2 Å². The molecular weight excluding hydrogens is 343 g/mol. The predicted molar refractivity (Wildman–Crippen MR) is 91.4 cm³/mol. The number of anilines is 1. The van der Waals surface area contributed by atoms with E-state index in [-0.39, 0.29) is 20.5 Å². The van der Waals surface area contributed by atoms with Gasteiger partial charge in [0.15, 0.2) is 6.07 Å². The maximum Gasteiger partial charge on any atom is 0.406 e. The molecule has 9 nitrogen and oxygen atoms in total. The van der Waals surface area contributed by atoms with Crippen molar-refractivity contribution in [2.45, 2.75) is 13.8 Å². The lowest BCUT2D eigenvalue weighted by Gasteiger charge is -2.17. The molecule has 0 radical (unpaired) electrons. The number of urea groups is 1. The maximum absolute atomic E-state index is 13.3. The third-order valence-corrected chi connectivity index (χ3v) is 3.95. The molecule has 26 heavy (non-hydrogen) atoms. The molecule has 138 valence electrons. The van der Waals surface area contributed by atoms with Crippen LogP contribution in [0.1, 0.15) is 19.5 Å². The maximum atomic E-state index is 13.3. The van der Waals surface area contributed by atoms with Crippen LogP contribution in [-0.2, 0) is 0 Å². The molecule has 0 saturated heterocycles. The van der Waals surface area contributed by atoms with Crippen LogP contribution >= 0.6 is 0 Å². The van der Waals surface area contributed by atoms with E-state index in [2.05, 4.69) is 15.5 Å². The predicted octanol–water partition coefficient (Wildman–Crippen LogP) is 0.581. The number of aromatic nitrogens is 2. The van der Waals surface area contributed by atoms with E-state index in [0.717, 1.165) is 31.3 Å². The number of amides is 2. The zero-order chi connectivity index (χ0) is 19.3. The van der Waals surface area contributed by atoms with Crippen LogP contribution in [-0.4, -0.2) is 37.1 Å². The zero-order valence-corrected chi connectivity index (χ0v) is 14.5. The monoisotopic (exact) mass is 362 g/mol. The van der Waals surface area contributed by atoms with Crippen molar-refractivity contribution in [2.75, 3.05) is 31.5 Å². The number of nitrogens with zero attached hydrogens (tertiary/aromatic N) is 4. The van der Waals surface area contributed by atoms with Gasteiger partial charge in [0.05, 0.1) is 6.07 Å². The standard InChI is InChI=1S/C16H19FN6O3/c1-3-21(4-2)8-7-19-16(24)20-15-14(10-18)22(25)13-9-11(17)5-6-12(13)23(15)26/h5-6,9H,3-4,7-8H2,1-2H3,(H2,19,20,24). The van der Waals surface area contributed by atoms with Crippen LogP contribution < -0.4 is 20.1 Å². The minimum Gasteiger partial charge on any atom is -0.710 e. The van der Waals surface area contributed by atoms with Gasteiger partial charge in [0.1, 0.15) is 5.82 Å². The molecule has 2 amide bonds. The van der Waals surface area contributed by atoms with Crippen LogP contribution in [0.2, 0.25) is 0 Å². The highest BCUT2D eigenvalue weighted by molar-refractivity contribution is 5.88. The fourth-order valence-electron chi connectivity index (χ4n) is 2.49. The summed E-state index contributed by atoms with van der Waals surface area (Å²) in [5.41, 5.74) is -1.10. The van der Waals surface area contributed by atoms with Gasteiger partial charge < -0.3 is 20.6 Å². The molecule has 0 saturated carbocycles. The van der Waals surface area contributed by atoms with Crippen LogP contribution in [0.15, 0.2) is 18.2 Å². The summed E-state index contributed by atoms with van der Waals surface area (Å²) in [6.45, 7) is 6.58. The summed E-state index contributed by atoms with van der Waals surface area (Å²) in [7, 11) is 0. The molecule has 0 atom stereocenters. The van der Waals surface area contributed by atoms with Gasteiger partial charge in [0.25, 0.3) is 5.52 Å². The van der Waals surface area contributed by atoms with Gasteiger partial charge in [0.2, 0.25) is 5.52 Å². The van der Waals surface area contributed by atoms with E-state index in [0.29, 0.717) is 13.1 Å². The van der Waals surface area contributed by atoms with Gasteiger partial charge >= 0.3 is 17.5 Å². The van der Waals surface area contributed by atoms with E-state index in [1.54, 1.807) is 6.07 Å². The lowest BCUT2D eigenvalue weighted by molar-refractivity contribution is -0.620. The number of fused-ring (bicyclic) bond motifs is 1. The third kappa shape index (κ3) is 3.89. The zero-order valence-electron chi connectivity index (χ0n) is 14.5. The minimum absolute atomic E-state index is 0.123. The Morgan fingerprint density at radius 2 is 1.96 bits per heavy atom. The second-order valence-electron chi connectivity index (χ2n) is 5.44. The Morgan fingerprint density at radius 3 is 2.58 bits per heavy atom. The summed E-state index contributed by atoms with van der Waals surface area (Å²) in [6.07, 6.45) is 0. The quantitative estimate of drug-likeness (QED) is 0.575. The highest BCUT2D eigenvalue weighted by Crippen LogP contribution is 2.14. The van der Waals surface area contributed by atoms with Crippen molar-refractivity contribution in [1.82, 2.24) is 10.2 Å². The highest BCUT2D eigenvalue weighted by atomic mass is 19.1. The number of halogens is 1. The number of nitrogens with one attached hydrogen (secondary N) is 2. The molecule has 0 aliphatic carbocycles. The smallest absolute Gasteiger partial charge is 0.406 e. The van der Waals surface area contributed by atoms with E-state index in [1.807, 2.05) is 13.8 Å². The van der Waals surface area contributed by atoms with E-state index >= 15 is 0 Å². The van der Waals surface area contributed by atoms with Gasteiger partial charge in [-0.15, -0.1) is 4.73 Å². The SMILES string of the molecule is CCN(CC)CCNC(=O)Nc1c(C#N)[n+]([O-])c2cc(F)ccc2[n+]1[O-]. The summed E-state index contributed by atoms with van der Waals surface area (Å²) in [4.78, 5) is 14.1.